The maximum atomic E-state index is 10.6. The smallest absolute Gasteiger partial charge is 0.106 e. The van der Waals surface area contributed by atoms with Crippen LogP contribution >= 0.6 is 54.5 Å². The van der Waals surface area contributed by atoms with E-state index in [1.165, 1.54) is 5.56 Å². The van der Waals surface area contributed by atoms with Gasteiger partial charge < -0.3 is 5.11 Å². The number of halogens is 3. The maximum Gasteiger partial charge on any atom is 0.106 e. The molecule has 0 fully saturated rings. The first-order chi connectivity index (χ1) is 8.91. The Morgan fingerprint density at radius 3 is 2.37 bits per heavy atom. The standard InChI is InChI=1S/C15H13Br2IO/c1-8-4-3-5-10(14(8)18)15(19)11-7-12(16)9(2)6-13(11)17/h3-7,15,19H,1-2H3. The lowest BCUT2D eigenvalue weighted by Gasteiger charge is -2.17. The van der Waals surface area contributed by atoms with Gasteiger partial charge in [0.15, 0.2) is 0 Å². The number of aliphatic hydroxyl groups excluding tert-OH is 1. The highest BCUT2D eigenvalue weighted by Gasteiger charge is 2.18. The fraction of sp³-hybridized carbons (Fsp3) is 0.200. The lowest BCUT2D eigenvalue weighted by molar-refractivity contribution is 0.218. The van der Waals surface area contributed by atoms with Gasteiger partial charge in [0.25, 0.3) is 0 Å². The van der Waals surface area contributed by atoms with E-state index in [9.17, 15) is 5.11 Å². The molecular formula is C15H13Br2IO. The largest absolute Gasteiger partial charge is 0.384 e. The second-order valence-electron chi connectivity index (χ2n) is 4.50. The average Bonchev–Trinajstić information content (AvgIpc) is 2.36. The number of benzene rings is 2. The Bertz CT molecular complexity index is 626. The van der Waals surface area contributed by atoms with E-state index in [-0.39, 0.29) is 0 Å². The van der Waals surface area contributed by atoms with Gasteiger partial charge in [-0.2, -0.15) is 0 Å². The van der Waals surface area contributed by atoms with Gasteiger partial charge in [-0.15, -0.1) is 0 Å². The van der Waals surface area contributed by atoms with Gasteiger partial charge >= 0.3 is 0 Å². The van der Waals surface area contributed by atoms with E-state index in [1.54, 1.807) is 0 Å². The zero-order chi connectivity index (χ0) is 14.2. The topological polar surface area (TPSA) is 20.2 Å². The van der Waals surface area contributed by atoms with E-state index < -0.39 is 6.10 Å². The molecule has 2 aromatic carbocycles. The third kappa shape index (κ3) is 3.23. The van der Waals surface area contributed by atoms with Crippen LogP contribution in [-0.4, -0.2) is 5.11 Å². The van der Waals surface area contributed by atoms with Crippen LogP contribution in [0.25, 0.3) is 0 Å². The highest BCUT2D eigenvalue weighted by molar-refractivity contribution is 14.1. The van der Waals surface area contributed by atoms with Crippen LogP contribution in [0, 0.1) is 17.4 Å². The summed E-state index contributed by atoms with van der Waals surface area (Å²) < 4.78 is 3.04. The minimum absolute atomic E-state index is 0.627. The Hall–Kier alpha value is 0.0900. The summed E-state index contributed by atoms with van der Waals surface area (Å²) >= 11 is 9.35. The molecule has 1 N–H and O–H groups in total. The first kappa shape index (κ1) is 15.5. The summed E-state index contributed by atoms with van der Waals surface area (Å²) in [6.07, 6.45) is -0.627. The van der Waals surface area contributed by atoms with Gasteiger partial charge in [0.1, 0.15) is 6.10 Å². The van der Waals surface area contributed by atoms with Crippen molar-refractivity contribution in [2.75, 3.05) is 0 Å². The van der Waals surface area contributed by atoms with Crippen LogP contribution in [0.15, 0.2) is 39.3 Å². The minimum Gasteiger partial charge on any atom is -0.384 e. The van der Waals surface area contributed by atoms with Crippen molar-refractivity contribution in [2.24, 2.45) is 0 Å². The van der Waals surface area contributed by atoms with Crippen molar-refractivity contribution in [2.45, 2.75) is 20.0 Å². The monoisotopic (exact) mass is 494 g/mol. The van der Waals surface area contributed by atoms with Crippen molar-refractivity contribution in [1.29, 1.82) is 0 Å². The summed E-state index contributed by atoms with van der Waals surface area (Å²) in [7, 11) is 0. The predicted octanol–water partition coefficient (Wildman–Crippen LogP) is 5.51. The molecule has 0 aromatic heterocycles. The second-order valence-corrected chi connectivity index (χ2v) is 7.29. The summed E-state index contributed by atoms with van der Waals surface area (Å²) in [5.41, 5.74) is 4.14. The fourth-order valence-corrected chi connectivity index (χ4v) is 3.61. The molecule has 0 amide bonds. The van der Waals surface area contributed by atoms with Gasteiger partial charge in [-0.05, 0) is 65.3 Å². The molecule has 4 heteroatoms. The van der Waals surface area contributed by atoms with Gasteiger partial charge in [-0.1, -0.05) is 50.1 Å². The summed E-state index contributed by atoms with van der Waals surface area (Å²) in [4.78, 5) is 0. The number of aliphatic hydroxyl groups is 1. The highest BCUT2D eigenvalue weighted by atomic mass is 127. The summed E-state index contributed by atoms with van der Waals surface area (Å²) in [6.45, 7) is 4.08. The molecule has 1 unspecified atom stereocenters. The van der Waals surface area contributed by atoms with Crippen LogP contribution in [0.3, 0.4) is 0 Å². The van der Waals surface area contributed by atoms with E-state index in [2.05, 4.69) is 67.4 Å². The number of aryl methyl sites for hydroxylation is 2. The van der Waals surface area contributed by atoms with Gasteiger partial charge in [-0.3, -0.25) is 0 Å². The van der Waals surface area contributed by atoms with Crippen LogP contribution in [0.1, 0.15) is 28.4 Å². The molecule has 0 saturated carbocycles. The van der Waals surface area contributed by atoms with Gasteiger partial charge in [0.05, 0.1) is 0 Å². The second kappa shape index (κ2) is 6.24. The fourth-order valence-electron chi connectivity index (χ4n) is 1.92. The Morgan fingerprint density at radius 1 is 1.00 bits per heavy atom. The lowest BCUT2D eigenvalue weighted by atomic mass is 9.99. The third-order valence-electron chi connectivity index (χ3n) is 3.09. The predicted molar refractivity (Wildman–Crippen MR) is 94.5 cm³/mol. The van der Waals surface area contributed by atoms with E-state index in [1.807, 2.05) is 31.2 Å². The van der Waals surface area contributed by atoms with Crippen LogP contribution < -0.4 is 0 Å². The average molecular weight is 496 g/mol. The SMILES string of the molecule is Cc1cc(Br)c(C(O)c2cccc(C)c2I)cc1Br. The van der Waals surface area contributed by atoms with Crippen molar-refractivity contribution >= 4 is 54.5 Å². The first-order valence-corrected chi connectivity index (χ1v) is 8.47. The van der Waals surface area contributed by atoms with Crippen molar-refractivity contribution in [1.82, 2.24) is 0 Å². The van der Waals surface area contributed by atoms with E-state index in [0.29, 0.717) is 0 Å². The van der Waals surface area contributed by atoms with Crippen molar-refractivity contribution in [3.8, 4) is 0 Å². The first-order valence-electron chi connectivity index (χ1n) is 5.80. The van der Waals surface area contributed by atoms with Crippen LogP contribution in [0.5, 0.6) is 0 Å². The number of hydrogen-bond donors (Lipinski definition) is 1. The van der Waals surface area contributed by atoms with Crippen LogP contribution in [0.4, 0.5) is 0 Å². The molecule has 0 aliphatic heterocycles. The summed E-state index contributed by atoms with van der Waals surface area (Å²) in [6, 6.07) is 10.00. The molecule has 0 saturated heterocycles. The molecule has 1 atom stereocenters. The van der Waals surface area contributed by atoms with Crippen LogP contribution in [0.2, 0.25) is 0 Å². The van der Waals surface area contributed by atoms with Gasteiger partial charge in [0, 0.05) is 18.1 Å². The molecule has 0 radical (unpaired) electrons. The molecule has 0 spiro atoms. The molecular weight excluding hydrogens is 483 g/mol. The summed E-state index contributed by atoms with van der Waals surface area (Å²) in [5, 5.41) is 10.6. The van der Waals surface area contributed by atoms with Gasteiger partial charge in [0.2, 0.25) is 0 Å². The van der Waals surface area contributed by atoms with Gasteiger partial charge in [-0.25, -0.2) is 0 Å². The zero-order valence-corrected chi connectivity index (χ0v) is 15.9. The molecule has 0 aliphatic carbocycles. The molecule has 100 valence electrons. The normalized spacial score (nSPS) is 12.5. The van der Waals surface area contributed by atoms with E-state index in [0.717, 1.165) is 29.2 Å². The Balaban J connectivity index is 2.53. The Morgan fingerprint density at radius 2 is 1.68 bits per heavy atom. The van der Waals surface area contributed by atoms with E-state index in [4.69, 9.17) is 0 Å². The maximum absolute atomic E-state index is 10.6. The zero-order valence-electron chi connectivity index (χ0n) is 10.5. The van der Waals surface area contributed by atoms with Crippen molar-refractivity contribution in [3.05, 3.63) is 65.1 Å². The Kier molecular flexibility index (Phi) is 5.09. The van der Waals surface area contributed by atoms with Crippen molar-refractivity contribution < 1.29 is 5.11 Å². The molecule has 19 heavy (non-hydrogen) atoms. The molecule has 0 heterocycles. The third-order valence-corrected chi connectivity index (χ3v) is 6.10. The highest BCUT2D eigenvalue weighted by Crippen LogP contribution is 2.35. The van der Waals surface area contributed by atoms with Crippen LogP contribution in [-0.2, 0) is 0 Å². The quantitative estimate of drug-likeness (QED) is 0.544. The lowest BCUT2D eigenvalue weighted by Crippen LogP contribution is -2.04. The minimum atomic E-state index is -0.627. The molecule has 1 nitrogen and oxygen atoms in total. The molecule has 2 aromatic rings. The number of hydrogen-bond acceptors (Lipinski definition) is 1. The molecule has 0 aliphatic rings. The molecule has 2 rings (SSSR count). The Labute approximate surface area is 143 Å². The molecule has 0 bridgehead atoms. The number of rotatable bonds is 2. The summed E-state index contributed by atoms with van der Waals surface area (Å²) in [5.74, 6) is 0. The van der Waals surface area contributed by atoms with Crippen molar-refractivity contribution in [3.63, 3.8) is 0 Å². The van der Waals surface area contributed by atoms with E-state index >= 15 is 0 Å².